The monoisotopic (exact) mass is 732 g/mol. The van der Waals surface area contributed by atoms with Gasteiger partial charge in [-0.1, -0.05) is 30.3 Å². The van der Waals surface area contributed by atoms with Crippen LogP contribution in [0.25, 0.3) is 10.9 Å². The number of aromatic nitrogens is 1. The van der Waals surface area contributed by atoms with E-state index in [2.05, 4.69) is 26.3 Å². The Balaban J connectivity index is 1.33. The fourth-order valence-electron chi connectivity index (χ4n) is 5.66. The number of carbonyl (C=O) groups is 5. The molecule has 0 saturated carbocycles. The quantitative estimate of drug-likeness (QED) is 0.0491. The van der Waals surface area contributed by atoms with Gasteiger partial charge in [0.2, 0.25) is 11.8 Å². The molecule has 12 N–H and O–H groups in total. The van der Waals surface area contributed by atoms with Gasteiger partial charge in [0.05, 0.1) is 17.2 Å². The van der Waals surface area contributed by atoms with Gasteiger partial charge >= 0.3 is 5.97 Å². The highest BCUT2D eigenvalue weighted by Gasteiger charge is 2.28. The maximum atomic E-state index is 13.5. The van der Waals surface area contributed by atoms with Crippen LogP contribution in [-0.2, 0) is 20.8 Å². The Hall–Kier alpha value is -6.29. The van der Waals surface area contributed by atoms with E-state index in [1.807, 2.05) is 24.3 Å². The van der Waals surface area contributed by atoms with E-state index in [9.17, 15) is 49.5 Å². The second-order valence-electron chi connectivity index (χ2n) is 12.5. The third kappa shape index (κ3) is 10.9. The van der Waals surface area contributed by atoms with Crippen LogP contribution in [0.4, 0.5) is 0 Å². The van der Waals surface area contributed by atoms with Gasteiger partial charge in [0.25, 0.3) is 11.8 Å². The number of phenolic OH excluding ortho intramolecular Hbond substituents is 4. The molecule has 4 aromatic rings. The number of nitrogens with two attached hydrogens (primary N) is 1. The molecular formula is C37H44N6O10. The number of para-hydroxylation sites is 3. The average Bonchev–Trinajstić information content (AvgIpc) is 3.54. The van der Waals surface area contributed by atoms with Crippen LogP contribution in [0.1, 0.15) is 64.8 Å². The van der Waals surface area contributed by atoms with Crippen molar-refractivity contribution in [2.24, 2.45) is 5.73 Å². The lowest BCUT2D eigenvalue weighted by Gasteiger charge is -2.23. The molecule has 3 atom stereocenters. The number of fused-ring (bicyclic) bond motifs is 1. The van der Waals surface area contributed by atoms with Crippen molar-refractivity contribution in [2.45, 2.75) is 63.1 Å². The Kier molecular flexibility index (Phi) is 14.0. The Morgan fingerprint density at radius 3 is 1.79 bits per heavy atom. The average molecular weight is 733 g/mol. The van der Waals surface area contributed by atoms with Gasteiger partial charge < -0.3 is 57.5 Å². The summed E-state index contributed by atoms with van der Waals surface area (Å²) in [5, 5.41) is 60.3. The van der Waals surface area contributed by atoms with Crippen LogP contribution in [0.15, 0.2) is 66.9 Å². The van der Waals surface area contributed by atoms with Crippen molar-refractivity contribution >= 4 is 40.5 Å². The lowest BCUT2D eigenvalue weighted by molar-refractivity contribution is -0.142. The molecular weight excluding hydrogens is 688 g/mol. The number of rotatable bonds is 19. The van der Waals surface area contributed by atoms with Crippen molar-refractivity contribution in [3.8, 4) is 23.0 Å². The summed E-state index contributed by atoms with van der Waals surface area (Å²) in [6, 6.07) is 11.8. The van der Waals surface area contributed by atoms with Gasteiger partial charge in [0, 0.05) is 36.6 Å². The van der Waals surface area contributed by atoms with Crippen LogP contribution >= 0.6 is 0 Å². The number of unbranched alkanes of at least 4 members (excludes halogenated alkanes) is 2. The van der Waals surface area contributed by atoms with Gasteiger partial charge in [-0.05, 0) is 74.4 Å². The lowest BCUT2D eigenvalue weighted by Crippen LogP contribution is -2.54. The number of aliphatic carboxylic acids is 1. The number of hydrogen-bond donors (Lipinski definition) is 11. The van der Waals surface area contributed by atoms with Gasteiger partial charge in [0.15, 0.2) is 23.0 Å². The number of phenols is 4. The number of benzene rings is 3. The van der Waals surface area contributed by atoms with E-state index in [0.717, 1.165) is 10.9 Å². The van der Waals surface area contributed by atoms with Crippen LogP contribution in [0, 0.1) is 0 Å². The number of carboxylic acid groups (broad SMARTS) is 1. The number of hydrogen-bond acceptors (Lipinski definition) is 10. The maximum Gasteiger partial charge on any atom is 0.326 e. The number of H-pyrrole nitrogens is 1. The second-order valence-corrected chi connectivity index (χ2v) is 12.5. The van der Waals surface area contributed by atoms with Crippen molar-refractivity contribution in [2.75, 3.05) is 13.1 Å². The maximum absolute atomic E-state index is 13.5. The molecule has 0 fully saturated rings. The Morgan fingerprint density at radius 2 is 1.21 bits per heavy atom. The highest BCUT2D eigenvalue weighted by molar-refractivity contribution is 5.98. The predicted octanol–water partition coefficient (Wildman–Crippen LogP) is 2.11. The van der Waals surface area contributed by atoms with E-state index in [1.165, 1.54) is 36.4 Å². The Labute approximate surface area is 304 Å². The van der Waals surface area contributed by atoms with Crippen molar-refractivity contribution in [1.82, 2.24) is 26.3 Å². The smallest absolute Gasteiger partial charge is 0.326 e. The first kappa shape index (κ1) is 39.5. The van der Waals surface area contributed by atoms with Gasteiger partial charge in [-0.2, -0.15) is 0 Å². The molecule has 53 heavy (non-hydrogen) atoms. The predicted molar refractivity (Wildman–Crippen MR) is 193 cm³/mol. The zero-order valence-electron chi connectivity index (χ0n) is 28.8. The summed E-state index contributed by atoms with van der Waals surface area (Å²) in [6.07, 6.45) is 3.42. The molecule has 3 unspecified atom stereocenters. The van der Waals surface area contributed by atoms with Crippen LogP contribution in [-0.4, -0.2) is 91.3 Å². The third-order valence-corrected chi connectivity index (χ3v) is 8.63. The number of aromatic amines is 1. The molecule has 0 aliphatic rings. The first-order valence-electron chi connectivity index (χ1n) is 17.1. The minimum atomic E-state index is -1.32. The summed E-state index contributed by atoms with van der Waals surface area (Å²) in [6.45, 7) is 0.331. The molecule has 4 rings (SSSR count). The fourth-order valence-corrected chi connectivity index (χ4v) is 5.66. The van der Waals surface area contributed by atoms with E-state index in [-0.39, 0.29) is 43.5 Å². The zero-order valence-corrected chi connectivity index (χ0v) is 28.8. The normalized spacial score (nSPS) is 12.7. The van der Waals surface area contributed by atoms with Gasteiger partial charge in [-0.15, -0.1) is 0 Å². The molecule has 0 radical (unpaired) electrons. The summed E-state index contributed by atoms with van der Waals surface area (Å²) in [5.74, 6) is -5.81. The number of nitrogens with one attached hydrogen (secondary N) is 5. The molecule has 4 amide bonds. The van der Waals surface area contributed by atoms with E-state index >= 15 is 0 Å². The third-order valence-electron chi connectivity index (χ3n) is 8.63. The van der Waals surface area contributed by atoms with E-state index in [1.54, 1.807) is 6.20 Å². The molecule has 16 nitrogen and oxygen atoms in total. The SMILES string of the molecule is NC(CCCCNC(=O)c1cccc(O)c1O)C(=O)NC(CCCCNC(=O)c1cccc(O)c1O)C(=O)NC(Cc1c[nH]c2ccccc12)C(=O)O. The molecule has 1 aromatic heterocycles. The van der Waals surface area contributed by atoms with Crippen LogP contribution in [0.2, 0.25) is 0 Å². The summed E-state index contributed by atoms with van der Waals surface area (Å²) in [4.78, 5) is 66.8. The molecule has 3 aromatic carbocycles. The van der Waals surface area contributed by atoms with Gasteiger partial charge in [0.1, 0.15) is 12.1 Å². The molecule has 1 heterocycles. The Morgan fingerprint density at radius 1 is 0.660 bits per heavy atom. The first-order valence-corrected chi connectivity index (χ1v) is 17.1. The first-order chi connectivity index (χ1) is 25.4. The van der Waals surface area contributed by atoms with Gasteiger partial charge in [-0.25, -0.2) is 4.79 Å². The summed E-state index contributed by atoms with van der Waals surface area (Å²) in [5.41, 5.74) is 7.43. The van der Waals surface area contributed by atoms with Crippen molar-refractivity contribution in [3.05, 3.63) is 83.6 Å². The number of carbonyl (C=O) groups excluding carboxylic acids is 4. The Bertz CT molecular complexity index is 1930. The topological polar surface area (TPSA) is 276 Å². The van der Waals surface area contributed by atoms with E-state index in [0.29, 0.717) is 31.2 Å². The fraction of sp³-hybridized carbons (Fsp3) is 0.324. The van der Waals surface area contributed by atoms with Crippen LogP contribution in [0.3, 0.4) is 0 Å². The minimum Gasteiger partial charge on any atom is -0.504 e. The van der Waals surface area contributed by atoms with Crippen LogP contribution in [0.5, 0.6) is 23.0 Å². The molecule has 0 bridgehead atoms. The second kappa shape index (κ2) is 18.8. The number of amides is 4. The van der Waals surface area contributed by atoms with Crippen molar-refractivity contribution in [1.29, 1.82) is 0 Å². The largest absolute Gasteiger partial charge is 0.504 e. The minimum absolute atomic E-state index is 0.0270. The molecule has 16 heteroatoms. The molecule has 0 spiro atoms. The summed E-state index contributed by atoms with van der Waals surface area (Å²) in [7, 11) is 0. The zero-order chi connectivity index (χ0) is 38.5. The van der Waals surface area contributed by atoms with Gasteiger partial charge in [-0.3, -0.25) is 19.2 Å². The number of aromatic hydroxyl groups is 4. The van der Waals surface area contributed by atoms with Crippen molar-refractivity contribution in [3.63, 3.8) is 0 Å². The van der Waals surface area contributed by atoms with Crippen LogP contribution < -0.4 is 27.0 Å². The van der Waals surface area contributed by atoms with E-state index in [4.69, 9.17) is 5.73 Å². The lowest BCUT2D eigenvalue weighted by atomic mass is 10.0. The molecule has 0 aliphatic carbocycles. The highest BCUT2D eigenvalue weighted by Crippen LogP contribution is 2.29. The van der Waals surface area contributed by atoms with E-state index < -0.39 is 70.7 Å². The molecule has 282 valence electrons. The molecule has 0 aliphatic heterocycles. The standard InChI is InChI=1S/C37H44N6O10/c38-25(12-3-5-17-39-33(48)23-10-7-15-29(44)31(23)46)35(50)42-27(14-4-6-18-40-34(49)24-11-8-16-30(45)32(24)47)36(51)43-28(37(52)53)19-21-20-41-26-13-2-1-9-22(21)26/h1-2,7-11,13,15-16,20,25,27-28,41,44-47H,3-6,12,14,17-19,38H2,(H,39,48)(H,40,49)(H,42,50)(H,43,51)(H,52,53). The molecule has 0 saturated heterocycles. The summed E-state index contributed by atoms with van der Waals surface area (Å²) >= 11 is 0. The summed E-state index contributed by atoms with van der Waals surface area (Å²) < 4.78 is 0. The van der Waals surface area contributed by atoms with Crippen molar-refractivity contribution < 1.29 is 49.5 Å². The number of carboxylic acids is 1. The highest BCUT2D eigenvalue weighted by atomic mass is 16.4.